The number of carbonyl (C=O) groups is 1. The van der Waals surface area contributed by atoms with Crippen molar-refractivity contribution in [1.29, 1.82) is 0 Å². The molecule has 0 fully saturated rings. The van der Waals surface area contributed by atoms with Gasteiger partial charge in [0.15, 0.2) is 0 Å². The van der Waals surface area contributed by atoms with Crippen LogP contribution in [0.15, 0.2) is 36.4 Å². The van der Waals surface area contributed by atoms with Crippen molar-refractivity contribution in [2.75, 3.05) is 31.0 Å². The zero-order valence-electron chi connectivity index (χ0n) is 15.8. The maximum atomic E-state index is 12.6. The molecule has 0 radical (unpaired) electrons. The molecule has 0 aliphatic rings. The summed E-state index contributed by atoms with van der Waals surface area (Å²) >= 11 is 6.11. The third-order valence-electron chi connectivity index (χ3n) is 4.05. The van der Waals surface area contributed by atoms with E-state index >= 15 is 0 Å². The van der Waals surface area contributed by atoms with Crippen LogP contribution in [0.4, 0.5) is 11.4 Å². The molecule has 0 atom stereocenters. The van der Waals surface area contributed by atoms with Crippen LogP contribution in [0, 0.1) is 6.92 Å². The highest BCUT2D eigenvalue weighted by Gasteiger charge is 2.17. The van der Waals surface area contributed by atoms with Crippen LogP contribution in [0.3, 0.4) is 0 Å². The first-order valence-corrected chi connectivity index (χ1v) is 8.78. The van der Waals surface area contributed by atoms with E-state index in [0.717, 1.165) is 5.69 Å². The summed E-state index contributed by atoms with van der Waals surface area (Å²) in [6.07, 6.45) is 0. The van der Waals surface area contributed by atoms with Gasteiger partial charge < -0.3 is 19.7 Å². The summed E-state index contributed by atoms with van der Waals surface area (Å²) in [6.45, 7) is 6.36. The predicted molar refractivity (Wildman–Crippen MR) is 107 cm³/mol. The molecule has 0 saturated carbocycles. The van der Waals surface area contributed by atoms with E-state index < -0.39 is 0 Å². The zero-order chi connectivity index (χ0) is 19.3. The van der Waals surface area contributed by atoms with Crippen LogP contribution in [0.5, 0.6) is 11.5 Å². The summed E-state index contributed by atoms with van der Waals surface area (Å²) in [5.74, 6) is 0.805. The number of nitrogens with one attached hydrogen (secondary N) is 1. The number of nitrogens with zero attached hydrogens (tertiary/aromatic N) is 1. The highest BCUT2D eigenvalue weighted by molar-refractivity contribution is 6.32. The summed E-state index contributed by atoms with van der Waals surface area (Å²) in [4.78, 5) is 14.7. The van der Waals surface area contributed by atoms with Gasteiger partial charge in [-0.05, 0) is 32.9 Å². The summed E-state index contributed by atoms with van der Waals surface area (Å²) in [5.41, 5.74) is 2.70. The van der Waals surface area contributed by atoms with Gasteiger partial charge in [0.25, 0.3) is 0 Å². The molecular formula is C20H25ClN2O3. The highest BCUT2D eigenvalue weighted by atomic mass is 35.5. The second-order valence-electron chi connectivity index (χ2n) is 6.29. The topological polar surface area (TPSA) is 50.8 Å². The van der Waals surface area contributed by atoms with Crippen LogP contribution >= 0.6 is 11.6 Å². The van der Waals surface area contributed by atoms with Gasteiger partial charge in [-0.15, -0.1) is 0 Å². The molecule has 26 heavy (non-hydrogen) atoms. The molecule has 0 aliphatic carbocycles. The first-order valence-electron chi connectivity index (χ1n) is 8.40. The van der Waals surface area contributed by atoms with Crippen molar-refractivity contribution in [3.8, 4) is 11.5 Å². The van der Waals surface area contributed by atoms with Gasteiger partial charge in [-0.3, -0.25) is 4.79 Å². The molecule has 2 rings (SSSR count). The van der Waals surface area contributed by atoms with Crippen LogP contribution in [0.2, 0.25) is 5.02 Å². The molecule has 2 aromatic rings. The van der Waals surface area contributed by atoms with Crippen molar-refractivity contribution in [3.63, 3.8) is 0 Å². The van der Waals surface area contributed by atoms with Gasteiger partial charge in [-0.2, -0.15) is 0 Å². The first kappa shape index (κ1) is 19.9. The van der Waals surface area contributed by atoms with Crippen molar-refractivity contribution in [1.82, 2.24) is 0 Å². The molecule has 6 heteroatoms. The summed E-state index contributed by atoms with van der Waals surface area (Å²) in [6, 6.07) is 11.6. The molecule has 140 valence electrons. The normalized spacial score (nSPS) is 10.6. The number of ether oxygens (including phenoxy) is 2. The lowest BCUT2D eigenvalue weighted by Crippen LogP contribution is -2.38. The molecule has 5 nitrogen and oxygen atoms in total. The van der Waals surface area contributed by atoms with E-state index in [2.05, 4.69) is 19.2 Å². The third-order valence-corrected chi connectivity index (χ3v) is 4.35. The number of carbonyl (C=O) groups excluding carboxylic acids is 1. The van der Waals surface area contributed by atoms with Crippen molar-refractivity contribution < 1.29 is 14.3 Å². The molecular weight excluding hydrogens is 352 g/mol. The number of methoxy groups -OCH3 is 2. The average Bonchev–Trinajstić information content (AvgIpc) is 2.61. The lowest BCUT2D eigenvalue weighted by atomic mass is 10.2. The molecule has 0 saturated heterocycles. The minimum Gasteiger partial charge on any atom is -0.495 e. The Kier molecular flexibility index (Phi) is 6.75. The van der Waals surface area contributed by atoms with Crippen molar-refractivity contribution in [2.24, 2.45) is 0 Å². The Morgan fingerprint density at radius 1 is 1.12 bits per heavy atom. The van der Waals surface area contributed by atoms with E-state index in [1.807, 2.05) is 36.1 Å². The first-order chi connectivity index (χ1) is 12.3. The molecule has 0 bridgehead atoms. The smallest absolute Gasteiger partial charge is 0.244 e. The van der Waals surface area contributed by atoms with E-state index in [4.69, 9.17) is 21.1 Å². The summed E-state index contributed by atoms with van der Waals surface area (Å²) in [7, 11) is 3.05. The third kappa shape index (κ3) is 4.82. The lowest BCUT2D eigenvalue weighted by Gasteiger charge is -2.28. The second kappa shape index (κ2) is 8.81. The van der Waals surface area contributed by atoms with Crippen molar-refractivity contribution in [2.45, 2.75) is 26.8 Å². The van der Waals surface area contributed by atoms with Crippen molar-refractivity contribution >= 4 is 28.9 Å². The number of rotatable bonds is 7. The fourth-order valence-electron chi connectivity index (χ4n) is 2.61. The van der Waals surface area contributed by atoms with Gasteiger partial charge in [0.1, 0.15) is 11.5 Å². The Hall–Kier alpha value is -2.40. The van der Waals surface area contributed by atoms with Gasteiger partial charge in [0, 0.05) is 23.9 Å². The molecule has 1 amide bonds. The minimum atomic E-state index is -0.151. The van der Waals surface area contributed by atoms with E-state index in [-0.39, 0.29) is 18.5 Å². The Labute approximate surface area is 159 Å². The number of amides is 1. The maximum Gasteiger partial charge on any atom is 0.244 e. The largest absolute Gasteiger partial charge is 0.495 e. The fraction of sp³-hybridized carbons (Fsp3) is 0.350. The average molecular weight is 377 g/mol. The molecule has 0 aliphatic heterocycles. The zero-order valence-corrected chi connectivity index (χ0v) is 16.6. The van der Waals surface area contributed by atoms with Crippen LogP contribution in [0.25, 0.3) is 0 Å². The van der Waals surface area contributed by atoms with E-state index in [1.54, 1.807) is 12.1 Å². The van der Waals surface area contributed by atoms with Crippen LogP contribution in [-0.2, 0) is 4.79 Å². The molecule has 0 unspecified atom stereocenters. The minimum absolute atomic E-state index is 0.151. The Morgan fingerprint density at radius 3 is 2.27 bits per heavy atom. The van der Waals surface area contributed by atoms with Gasteiger partial charge in [0.2, 0.25) is 5.91 Å². The van der Waals surface area contributed by atoms with Gasteiger partial charge in [-0.25, -0.2) is 0 Å². The monoisotopic (exact) mass is 376 g/mol. The van der Waals surface area contributed by atoms with E-state index in [1.165, 1.54) is 19.8 Å². The molecule has 0 heterocycles. The number of benzene rings is 2. The number of anilines is 2. The lowest BCUT2D eigenvalue weighted by molar-refractivity contribution is -0.115. The summed E-state index contributed by atoms with van der Waals surface area (Å²) < 4.78 is 10.5. The predicted octanol–water partition coefficient (Wildman–Crippen LogP) is 4.52. The fourth-order valence-corrected chi connectivity index (χ4v) is 2.84. The highest BCUT2D eigenvalue weighted by Crippen LogP contribution is 2.35. The molecule has 0 aromatic heterocycles. The number of aryl methyl sites for hydroxylation is 1. The number of halogens is 1. The Balaban J connectivity index is 2.19. The maximum absolute atomic E-state index is 12.6. The van der Waals surface area contributed by atoms with Gasteiger partial charge in [0.05, 0.1) is 31.5 Å². The molecule has 1 N–H and O–H groups in total. The quantitative estimate of drug-likeness (QED) is 0.771. The number of hydrogen-bond acceptors (Lipinski definition) is 4. The van der Waals surface area contributed by atoms with Gasteiger partial charge >= 0.3 is 0 Å². The number of hydrogen-bond donors (Lipinski definition) is 1. The van der Waals surface area contributed by atoms with Gasteiger partial charge in [-0.1, -0.05) is 29.3 Å². The second-order valence-corrected chi connectivity index (χ2v) is 6.70. The van der Waals surface area contributed by atoms with Crippen LogP contribution < -0.4 is 19.7 Å². The standard InChI is InChI=1S/C20H25ClN2O3/c1-13(2)23(15-8-6-14(3)7-9-15)12-20(24)22-17-11-18(25-4)16(21)10-19(17)26-5/h6-11,13H,12H2,1-5H3,(H,22,24). The van der Waals surface area contributed by atoms with E-state index in [0.29, 0.717) is 22.2 Å². The Morgan fingerprint density at radius 2 is 1.73 bits per heavy atom. The van der Waals surface area contributed by atoms with E-state index in [9.17, 15) is 4.79 Å². The SMILES string of the molecule is COc1cc(NC(=O)CN(c2ccc(C)cc2)C(C)C)c(OC)cc1Cl. The Bertz CT molecular complexity index is 760. The van der Waals surface area contributed by atoms with Crippen LogP contribution in [-0.4, -0.2) is 32.7 Å². The van der Waals surface area contributed by atoms with Crippen molar-refractivity contribution in [3.05, 3.63) is 47.0 Å². The summed E-state index contributed by atoms with van der Waals surface area (Å²) in [5, 5.41) is 3.31. The van der Waals surface area contributed by atoms with Crippen LogP contribution in [0.1, 0.15) is 19.4 Å². The molecule has 0 spiro atoms. The molecule has 2 aromatic carbocycles.